The molecule has 0 radical (unpaired) electrons. The maximum atomic E-state index is 13.4. The van der Waals surface area contributed by atoms with Gasteiger partial charge in [-0.2, -0.15) is 13.2 Å². The summed E-state index contributed by atoms with van der Waals surface area (Å²) in [5.74, 6) is 0.284. The SMILES string of the molecule is O=C(Nc1cnc(OCC(O)CO)nc1)N1c2nc(-c3cccc(C(F)(F)F)c3)c(Cl)cc2N2CC[C@H]1C2. The number of rotatable bonds is 6. The van der Waals surface area contributed by atoms with Crippen LogP contribution in [-0.4, -0.2) is 69.6 Å². The van der Waals surface area contributed by atoms with E-state index in [9.17, 15) is 23.1 Å². The summed E-state index contributed by atoms with van der Waals surface area (Å²) in [6.45, 7) is 0.543. The quantitative estimate of drug-likeness (QED) is 0.425. The molecule has 1 fully saturated rings. The lowest BCUT2D eigenvalue weighted by Crippen LogP contribution is -2.48. The van der Waals surface area contributed by atoms with E-state index in [1.54, 1.807) is 6.07 Å². The summed E-state index contributed by atoms with van der Waals surface area (Å²) in [6, 6.07) is 5.55. The molecular weight excluding hydrogens is 529 g/mol. The molecule has 14 heteroatoms. The minimum atomic E-state index is -4.53. The average molecular weight is 551 g/mol. The van der Waals surface area contributed by atoms with Gasteiger partial charge in [0.05, 0.1) is 52.7 Å². The van der Waals surface area contributed by atoms with E-state index in [1.165, 1.54) is 29.4 Å². The molecule has 0 aliphatic carbocycles. The number of carbonyl (C=O) groups excluding carboxylic acids is 1. The van der Waals surface area contributed by atoms with Crippen LogP contribution in [0.25, 0.3) is 11.3 Å². The van der Waals surface area contributed by atoms with Gasteiger partial charge in [0.25, 0.3) is 0 Å². The number of aromatic nitrogens is 3. The van der Waals surface area contributed by atoms with Gasteiger partial charge in [-0.25, -0.2) is 19.7 Å². The molecule has 5 rings (SSSR count). The minimum Gasteiger partial charge on any atom is -0.461 e. The smallest absolute Gasteiger partial charge is 0.416 e. The highest BCUT2D eigenvalue weighted by atomic mass is 35.5. The topological polar surface area (TPSA) is 124 Å². The summed E-state index contributed by atoms with van der Waals surface area (Å²) in [5.41, 5.74) is 0.349. The zero-order valence-corrected chi connectivity index (χ0v) is 20.4. The Labute approximate surface area is 219 Å². The molecule has 2 aromatic heterocycles. The predicted octanol–water partition coefficient (Wildman–Crippen LogP) is 3.57. The molecular formula is C24H22ClF3N6O4. The molecule has 200 valence electrons. The van der Waals surface area contributed by atoms with Crippen molar-refractivity contribution in [3.8, 4) is 17.3 Å². The molecule has 1 aromatic carbocycles. The van der Waals surface area contributed by atoms with Crippen LogP contribution in [0, 0.1) is 0 Å². The fourth-order valence-electron chi connectivity index (χ4n) is 4.39. The number of aliphatic hydroxyl groups is 2. The molecule has 1 unspecified atom stereocenters. The van der Waals surface area contributed by atoms with Crippen molar-refractivity contribution in [2.45, 2.75) is 24.7 Å². The second-order valence-electron chi connectivity index (χ2n) is 8.83. The van der Waals surface area contributed by atoms with Crippen LogP contribution in [-0.2, 0) is 6.18 Å². The number of pyridine rings is 1. The van der Waals surface area contributed by atoms with E-state index in [0.717, 1.165) is 12.1 Å². The fraction of sp³-hybridized carbons (Fsp3) is 0.333. The monoisotopic (exact) mass is 550 g/mol. The number of benzene rings is 1. The largest absolute Gasteiger partial charge is 0.461 e. The van der Waals surface area contributed by atoms with E-state index >= 15 is 0 Å². The second kappa shape index (κ2) is 10.2. The Morgan fingerprint density at radius 3 is 2.74 bits per heavy atom. The highest BCUT2D eigenvalue weighted by molar-refractivity contribution is 6.33. The maximum Gasteiger partial charge on any atom is 0.416 e. The molecule has 10 nitrogen and oxygen atoms in total. The van der Waals surface area contributed by atoms with Crippen molar-refractivity contribution in [1.29, 1.82) is 0 Å². The van der Waals surface area contributed by atoms with Crippen molar-refractivity contribution >= 4 is 34.8 Å². The highest BCUT2D eigenvalue weighted by Gasteiger charge is 2.41. The number of halogens is 4. The summed E-state index contributed by atoms with van der Waals surface area (Å²) < 4.78 is 45.1. The first-order valence-corrected chi connectivity index (χ1v) is 12.0. The van der Waals surface area contributed by atoms with Gasteiger partial charge in [0.15, 0.2) is 5.82 Å². The van der Waals surface area contributed by atoms with E-state index in [-0.39, 0.29) is 46.4 Å². The number of urea groups is 1. The Bertz CT molecular complexity index is 1340. The van der Waals surface area contributed by atoms with Gasteiger partial charge in [0.1, 0.15) is 12.7 Å². The van der Waals surface area contributed by atoms with Gasteiger partial charge in [-0.3, -0.25) is 4.90 Å². The van der Waals surface area contributed by atoms with Gasteiger partial charge in [0, 0.05) is 18.7 Å². The van der Waals surface area contributed by atoms with E-state index in [0.29, 0.717) is 25.2 Å². The number of hydrogen-bond acceptors (Lipinski definition) is 8. The Hall–Kier alpha value is -3.68. The number of aliphatic hydroxyl groups excluding tert-OH is 2. The van der Waals surface area contributed by atoms with Gasteiger partial charge in [-0.05, 0) is 24.6 Å². The van der Waals surface area contributed by atoms with E-state index < -0.39 is 30.5 Å². The number of fused-ring (bicyclic) bond motifs is 4. The van der Waals surface area contributed by atoms with Gasteiger partial charge in [0.2, 0.25) is 0 Å². The third-order valence-electron chi connectivity index (χ3n) is 6.21. The van der Waals surface area contributed by atoms with E-state index in [1.807, 2.05) is 4.90 Å². The van der Waals surface area contributed by atoms with Crippen molar-refractivity contribution in [3.63, 3.8) is 0 Å². The molecule has 0 spiro atoms. The zero-order valence-electron chi connectivity index (χ0n) is 19.7. The Balaban J connectivity index is 1.43. The molecule has 3 N–H and O–H groups in total. The number of anilines is 3. The molecule has 2 atom stereocenters. The number of carbonyl (C=O) groups is 1. The van der Waals surface area contributed by atoms with Crippen LogP contribution in [0.3, 0.4) is 0 Å². The normalized spacial score (nSPS) is 17.3. The fourth-order valence-corrected chi connectivity index (χ4v) is 4.65. The summed E-state index contributed by atoms with van der Waals surface area (Å²) in [6.07, 6.45) is -2.31. The number of nitrogens with zero attached hydrogens (tertiary/aromatic N) is 5. The van der Waals surface area contributed by atoms with Crippen molar-refractivity contribution in [2.75, 3.05) is 41.4 Å². The third-order valence-corrected chi connectivity index (χ3v) is 6.50. The van der Waals surface area contributed by atoms with Crippen LogP contribution in [0.5, 0.6) is 6.01 Å². The molecule has 3 aromatic rings. The molecule has 38 heavy (non-hydrogen) atoms. The predicted molar refractivity (Wildman–Crippen MR) is 132 cm³/mol. The van der Waals surface area contributed by atoms with Gasteiger partial charge in [-0.1, -0.05) is 23.7 Å². The highest BCUT2D eigenvalue weighted by Crippen LogP contribution is 2.43. The molecule has 1 saturated heterocycles. The third kappa shape index (κ3) is 5.17. The molecule has 4 heterocycles. The van der Waals surface area contributed by atoms with Gasteiger partial charge in [-0.15, -0.1) is 0 Å². The summed E-state index contributed by atoms with van der Waals surface area (Å²) in [4.78, 5) is 29.5. The lowest BCUT2D eigenvalue weighted by molar-refractivity contribution is -0.137. The number of amides is 2. The number of alkyl halides is 3. The minimum absolute atomic E-state index is 0.0488. The zero-order chi connectivity index (χ0) is 27.0. The van der Waals surface area contributed by atoms with Crippen molar-refractivity contribution < 1.29 is 32.9 Å². The summed E-state index contributed by atoms with van der Waals surface area (Å²) in [7, 11) is 0. The van der Waals surface area contributed by atoms with Crippen LogP contribution in [0.4, 0.5) is 35.2 Å². The Morgan fingerprint density at radius 1 is 1.26 bits per heavy atom. The molecule has 2 amide bonds. The van der Waals surface area contributed by atoms with Crippen molar-refractivity contribution in [2.24, 2.45) is 0 Å². The van der Waals surface area contributed by atoms with Crippen LogP contribution in [0.2, 0.25) is 5.02 Å². The second-order valence-corrected chi connectivity index (χ2v) is 9.24. The van der Waals surface area contributed by atoms with Crippen LogP contribution in [0.15, 0.2) is 42.7 Å². The van der Waals surface area contributed by atoms with Gasteiger partial charge >= 0.3 is 18.2 Å². The lowest BCUT2D eigenvalue weighted by atomic mass is 10.1. The first kappa shape index (κ1) is 25.9. The van der Waals surface area contributed by atoms with Gasteiger partial charge < -0.3 is 25.2 Å². The molecule has 2 aliphatic rings. The summed E-state index contributed by atoms with van der Waals surface area (Å²) >= 11 is 6.48. The van der Waals surface area contributed by atoms with E-state index in [4.69, 9.17) is 21.4 Å². The number of ether oxygens (including phenoxy) is 1. The molecule has 0 saturated carbocycles. The van der Waals surface area contributed by atoms with E-state index in [2.05, 4.69) is 20.3 Å². The number of nitrogens with one attached hydrogen (secondary N) is 1. The lowest BCUT2D eigenvalue weighted by Gasteiger charge is -2.36. The average Bonchev–Trinajstić information content (AvgIpc) is 3.32. The number of hydrogen-bond donors (Lipinski definition) is 3. The standard InChI is InChI=1S/C24H22ClF3N6O4/c25-18-7-19-21(32-20(18)13-2-1-3-14(6-13)24(26,27)28)34(16-4-5-33(19)10-16)23(37)31-15-8-29-22(30-9-15)38-12-17(36)11-35/h1-3,6-9,16-17,35-36H,4-5,10-12H2,(H,31,37)/t16-,17?/m0/s1. The molecule has 2 aliphatic heterocycles. The van der Waals surface area contributed by atoms with Crippen LogP contribution < -0.4 is 19.9 Å². The molecule has 2 bridgehead atoms. The first-order valence-electron chi connectivity index (χ1n) is 11.6. The van der Waals surface area contributed by atoms with Crippen LogP contribution in [0.1, 0.15) is 12.0 Å². The first-order chi connectivity index (χ1) is 18.1. The van der Waals surface area contributed by atoms with Crippen LogP contribution >= 0.6 is 11.6 Å². The summed E-state index contributed by atoms with van der Waals surface area (Å²) in [5, 5.41) is 21.1. The maximum absolute atomic E-state index is 13.4. The van der Waals surface area contributed by atoms with Crippen molar-refractivity contribution in [1.82, 2.24) is 15.0 Å². The van der Waals surface area contributed by atoms with Crippen molar-refractivity contribution in [3.05, 3.63) is 53.3 Å². The Morgan fingerprint density at radius 2 is 2.03 bits per heavy atom. The Kier molecular flexibility index (Phi) is 6.99.